The number of methoxy groups -OCH3 is 1. The van der Waals surface area contributed by atoms with Gasteiger partial charge in [0, 0.05) is 16.9 Å². The fourth-order valence-electron chi connectivity index (χ4n) is 2.25. The highest BCUT2D eigenvalue weighted by Gasteiger charge is 2.23. The van der Waals surface area contributed by atoms with Gasteiger partial charge in [-0.3, -0.25) is 0 Å². The lowest BCUT2D eigenvalue weighted by molar-refractivity contribution is 0.146. The van der Waals surface area contributed by atoms with Crippen LogP contribution in [0.1, 0.15) is 23.1 Å². The molecule has 2 unspecified atom stereocenters. The van der Waals surface area contributed by atoms with Crippen LogP contribution in [0, 0.1) is 5.82 Å². The van der Waals surface area contributed by atoms with Gasteiger partial charge in [0.1, 0.15) is 11.6 Å². The first-order valence-corrected chi connectivity index (χ1v) is 7.33. The van der Waals surface area contributed by atoms with E-state index in [1.54, 1.807) is 31.4 Å². The Kier molecular flexibility index (Phi) is 5.33. The van der Waals surface area contributed by atoms with Crippen LogP contribution in [0.4, 0.5) is 4.39 Å². The number of hydrogen-bond acceptors (Lipinski definition) is 3. The molecule has 5 heteroatoms. The third kappa shape index (κ3) is 3.61. The summed E-state index contributed by atoms with van der Waals surface area (Å²) in [6.45, 7) is 0.246. The fraction of sp³-hybridized carbons (Fsp3) is 0.250. The van der Waals surface area contributed by atoms with E-state index in [2.05, 4.69) is 15.9 Å². The number of ether oxygens (including phenoxy) is 1. The summed E-state index contributed by atoms with van der Waals surface area (Å²) in [4.78, 5) is 0. The average Bonchev–Trinajstić information content (AvgIpc) is 2.50. The van der Waals surface area contributed by atoms with Crippen molar-refractivity contribution in [2.24, 2.45) is 5.73 Å². The minimum atomic E-state index is -0.815. The van der Waals surface area contributed by atoms with Crippen molar-refractivity contribution >= 4 is 15.9 Å². The highest BCUT2D eigenvalue weighted by atomic mass is 79.9. The molecule has 0 radical (unpaired) electrons. The standard InChI is InChI=1S/C16H17BrFNO2/c1-21-12-6-7-15(17)13(8-12)16(20)14(9-19)10-2-4-11(18)5-3-10/h2-8,14,16,20H,9,19H2,1H3. The Morgan fingerprint density at radius 3 is 2.48 bits per heavy atom. The third-order valence-corrected chi connectivity index (χ3v) is 4.18. The molecule has 21 heavy (non-hydrogen) atoms. The van der Waals surface area contributed by atoms with Crippen molar-refractivity contribution in [1.82, 2.24) is 0 Å². The van der Waals surface area contributed by atoms with Gasteiger partial charge < -0.3 is 15.6 Å². The molecule has 112 valence electrons. The van der Waals surface area contributed by atoms with Crippen LogP contribution in [0.15, 0.2) is 46.9 Å². The molecule has 0 bridgehead atoms. The van der Waals surface area contributed by atoms with Gasteiger partial charge in [-0.25, -0.2) is 4.39 Å². The van der Waals surface area contributed by atoms with Crippen molar-refractivity contribution in [2.45, 2.75) is 12.0 Å². The zero-order valence-electron chi connectivity index (χ0n) is 11.6. The maximum Gasteiger partial charge on any atom is 0.123 e. The summed E-state index contributed by atoms with van der Waals surface area (Å²) in [6.07, 6.45) is -0.815. The van der Waals surface area contributed by atoms with Crippen LogP contribution in [0.5, 0.6) is 5.75 Å². The summed E-state index contributed by atoms with van der Waals surface area (Å²) in [7, 11) is 1.57. The van der Waals surface area contributed by atoms with Crippen LogP contribution >= 0.6 is 15.9 Å². The van der Waals surface area contributed by atoms with Gasteiger partial charge in [0.2, 0.25) is 0 Å². The van der Waals surface area contributed by atoms with E-state index < -0.39 is 6.10 Å². The third-order valence-electron chi connectivity index (χ3n) is 3.46. The molecule has 0 aromatic heterocycles. The number of aliphatic hydroxyl groups is 1. The minimum absolute atomic E-state index is 0.246. The molecule has 0 aliphatic carbocycles. The number of hydrogen-bond donors (Lipinski definition) is 2. The summed E-state index contributed by atoms with van der Waals surface area (Å²) < 4.78 is 19.0. The minimum Gasteiger partial charge on any atom is -0.497 e. The van der Waals surface area contributed by atoms with Gasteiger partial charge in [-0.2, -0.15) is 0 Å². The van der Waals surface area contributed by atoms with Gasteiger partial charge in [0.15, 0.2) is 0 Å². The quantitative estimate of drug-likeness (QED) is 0.866. The maximum atomic E-state index is 13.0. The van der Waals surface area contributed by atoms with E-state index in [1.807, 2.05) is 6.07 Å². The van der Waals surface area contributed by atoms with Gasteiger partial charge in [0.05, 0.1) is 13.2 Å². The highest BCUT2D eigenvalue weighted by Crippen LogP contribution is 2.36. The maximum absolute atomic E-state index is 13.0. The molecule has 0 fully saturated rings. The van der Waals surface area contributed by atoms with Crippen LogP contribution in [0.25, 0.3) is 0 Å². The molecule has 0 spiro atoms. The Hall–Kier alpha value is -1.43. The van der Waals surface area contributed by atoms with Gasteiger partial charge in [-0.15, -0.1) is 0 Å². The lowest BCUT2D eigenvalue weighted by atomic mass is 9.89. The molecule has 0 heterocycles. The first-order valence-electron chi connectivity index (χ1n) is 6.54. The Morgan fingerprint density at radius 1 is 1.24 bits per heavy atom. The largest absolute Gasteiger partial charge is 0.497 e. The Morgan fingerprint density at radius 2 is 1.90 bits per heavy atom. The van der Waals surface area contributed by atoms with E-state index >= 15 is 0 Å². The van der Waals surface area contributed by atoms with Gasteiger partial charge in [-0.05, 0) is 41.5 Å². The van der Waals surface area contributed by atoms with Crippen molar-refractivity contribution in [1.29, 1.82) is 0 Å². The Balaban J connectivity index is 2.36. The van der Waals surface area contributed by atoms with E-state index in [1.165, 1.54) is 12.1 Å². The van der Waals surface area contributed by atoms with Crippen LogP contribution in [0.2, 0.25) is 0 Å². The van der Waals surface area contributed by atoms with Gasteiger partial charge >= 0.3 is 0 Å². The zero-order valence-corrected chi connectivity index (χ0v) is 13.2. The van der Waals surface area contributed by atoms with Crippen molar-refractivity contribution < 1.29 is 14.2 Å². The number of aliphatic hydroxyl groups excluding tert-OH is 1. The normalized spacial score (nSPS) is 13.8. The van der Waals surface area contributed by atoms with Crippen LogP contribution < -0.4 is 10.5 Å². The lowest BCUT2D eigenvalue weighted by Crippen LogP contribution is -2.20. The molecule has 0 aliphatic rings. The molecule has 0 saturated heterocycles. The predicted octanol–water partition coefficient (Wildman–Crippen LogP) is 3.37. The monoisotopic (exact) mass is 353 g/mol. The van der Waals surface area contributed by atoms with Crippen molar-refractivity contribution in [3.63, 3.8) is 0 Å². The Bertz CT molecular complexity index is 604. The molecule has 3 N–H and O–H groups in total. The van der Waals surface area contributed by atoms with Gasteiger partial charge in [0.25, 0.3) is 0 Å². The summed E-state index contributed by atoms with van der Waals surface area (Å²) >= 11 is 3.43. The number of nitrogens with two attached hydrogens (primary N) is 1. The second-order valence-corrected chi connectivity index (χ2v) is 5.58. The molecule has 2 aromatic carbocycles. The molecule has 2 atom stereocenters. The first-order chi connectivity index (χ1) is 10.1. The van der Waals surface area contributed by atoms with Crippen molar-refractivity contribution in [3.8, 4) is 5.75 Å². The second kappa shape index (κ2) is 7.02. The summed E-state index contributed by atoms with van der Waals surface area (Å²) in [5, 5.41) is 10.6. The van der Waals surface area contributed by atoms with Crippen molar-refractivity contribution in [2.75, 3.05) is 13.7 Å². The zero-order chi connectivity index (χ0) is 15.4. The van der Waals surface area contributed by atoms with E-state index in [0.717, 1.165) is 10.0 Å². The lowest BCUT2D eigenvalue weighted by Gasteiger charge is -2.23. The summed E-state index contributed by atoms with van der Waals surface area (Å²) in [5.41, 5.74) is 7.28. The molecule has 3 nitrogen and oxygen atoms in total. The molecule has 0 saturated carbocycles. The van der Waals surface area contributed by atoms with E-state index in [0.29, 0.717) is 11.3 Å². The molecule has 0 amide bonds. The smallest absolute Gasteiger partial charge is 0.123 e. The van der Waals surface area contributed by atoms with Crippen LogP contribution in [-0.2, 0) is 0 Å². The van der Waals surface area contributed by atoms with Gasteiger partial charge in [-0.1, -0.05) is 28.1 Å². The molecule has 2 rings (SSSR count). The average molecular weight is 354 g/mol. The van der Waals surface area contributed by atoms with Crippen LogP contribution in [-0.4, -0.2) is 18.8 Å². The summed E-state index contributed by atoms with van der Waals surface area (Å²) in [5.74, 6) is 0.0164. The van der Waals surface area contributed by atoms with E-state index in [9.17, 15) is 9.50 Å². The predicted molar refractivity (Wildman–Crippen MR) is 83.8 cm³/mol. The molecule has 2 aromatic rings. The Labute approximate surface area is 131 Å². The molecule has 0 aliphatic heterocycles. The summed E-state index contributed by atoms with van der Waals surface area (Å²) in [6, 6.07) is 11.4. The van der Waals surface area contributed by atoms with E-state index in [-0.39, 0.29) is 18.3 Å². The highest BCUT2D eigenvalue weighted by molar-refractivity contribution is 9.10. The van der Waals surface area contributed by atoms with E-state index in [4.69, 9.17) is 10.5 Å². The first kappa shape index (κ1) is 15.9. The fourth-order valence-corrected chi connectivity index (χ4v) is 2.73. The number of halogens is 2. The number of rotatable bonds is 5. The SMILES string of the molecule is COc1ccc(Br)c(C(O)C(CN)c2ccc(F)cc2)c1. The molecular weight excluding hydrogens is 337 g/mol. The topological polar surface area (TPSA) is 55.5 Å². The molecular formula is C16H17BrFNO2. The number of benzene rings is 2. The van der Waals surface area contributed by atoms with Crippen molar-refractivity contribution in [3.05, 3.63) is 63.9 Å². The van der Waals surface area contributed by atoms with Crippen LogP contribution in [0.3, 0.4) is 0 Å². The second-order valence-electron chi connectivity index (χ2n) is 4.73.